The lowest BCUT2D eigenvalue weighted by molar-refractivity contribution is 0.539. The van der Waals surface area contributed by atoms with Crippen molar-refractivity contribution in [1.82, 2.24) is 14.9 Å². The van der Waals surface area contributed by atoms with Gasteiger partial charge in [0.05, 0.1) is 22.8 Å². The third-order valence-electron chi connectivity index (χ3n) is 5.24. The van der Waals surface area contributed by atoms with E-state index in [0.29, 0.717) is 10.9 Å². The van der Waals surface area contributed by atoms with Crippen LogP contribution in [0.1, 0.15) is 17.5 Å². The van der Waals surface area contributed by atoms with Crippen LogP contribution in [0.3, 0.4) is 0 Å². The summed E-state index contributed by atoms with van der Waals surface area (Å²) in [6.07, 6.45) is 2.49. The predicted molar refractivity (Wildman–Crippen MR) is 106 cm³/mol. The summed E-state index contributed by atoms with van der Waals surface area (Å²) < 4.78 is 1.50. The Labute approximate surface area is 157 Å². The van der Waals surface area contributed by atoms with Crippen LogP contribution in [0.4, 0.5) is 5.69 Å². The number of benzene rings is 2. The highest BCUT2D eigenvalue weighted by atomic mass is 35.5. The molecule has 0 unspecified atom stereocenters. The lowest BCUT2D eigenvalue weighted by Gasteiger charge is -2.33. The molecule has 1 aliphatic rings. The summed E-state index contributed by atoms with van der Waals surface area (Å²) in [5, 5.41) is 8.52. The van der Waals surface area contributed by atoms with E-state index in [1.165, 1.54) is 10.1 Å². The van der Waals surface area contributed by atoms with Crippen LogP contribution in [-0.2, 0) is 12.6 Å². The molecule has 1 saturated heterocycles. The zero-order chi connectivity index (χ0) is 18.3. The third kappa shape index (κ3) is 2.77. The maximum Gasteiger partial charge on any atom is 0.260 e. The predicted octanol–water partition coefficient (Wildman–Crippen LogP) is 3.20. The molecule has 0 spiro atoms. The number of hydrogen-bond acceptors (Lipinski definition) is 4. The molecule has 0 bridgehead atoms. The van der Waals surface area contributed by atoms with Gasteiger partial charge in [0.15, 0.2) is 0 Å². The second kappa shape index (κ2) is 6.41. The number of nitrogens with zero attached hydrogens (tertiary/aromatic N) is 2. The van der Waals surface area contributed by atoms with E-state index in [9.17, 15) is 4.79 Å². The van der Waals surface area contributed by atoms with Gasteiger partial charge in [-0.05, 0) is 55.3 Å². The number of nitrogens with one attached hydrogen (secondary N) is 2. The Morgan fingerprint density at radius 2 is 2.15 bits per heavy atom. The van der Waals surface area contributed by atoms with E-state index in [-0.39, 0.29) is 11.1 Å². The van der Waals surface area contributed by atoms with Gasteiger partial charge in [0, 0.05) is 24.3 Å². The van der Waals surface area contributed by atoms with Gasteiger partial charge in [0.25, 0.3) is 5.56 Å². The first kappa shape index (κ1) is 17.1. The Bertz CT molecular complexity index is 1040. The van der Waals surface area contributed by atoms with Gasteiger partial charge in [-0.1, -0.05) is 23.7 Å². The molecular formula is C20H21ClN4O. The van der Waals surface area contributed by atoms with Crippen molar-refractivity contribution >= 4 is 28.2 Å². The quantitative estimate of drug-likeness (QED) is 0.745. The lowest BCUT2D eigenvalue weighted by atomic mass is 9.85. The maximum atomic E-state index is 12.4. The molecule has 1 aliphatic heterocycles. The highest BCUT2D eigenvalue weighted by molar-refractivity contribution is 6.31. The summed E-state index contributed by atoms with van der Waals surface area (Å²) in [7, 11) is 1.71. The van der Waals surface area contributed by atoms with E-state index in [1.54, 1.807) is 13.4 Å². The standard InChI is InChI=1S/C20H21ClN4O/c1-13-16(4-3-5-17(13)21)20(8-9-22-11-20)24-14-6-7-18-15(10-14)19(26)25(2)12-23-18/h3-7,10,12,22,24H,8-9,11H2,1-2H3/t20-/m0/s1. The monoisotopic (exact) mass is 368 g/mol. The molecular weight excluding hydrogens is 348 g/mol. The van der Waals surface area contributed by atoms with Crippen LogP contribution >= 0.6 is 11.6 Å². The van der Waals surface area contributed by atoms with Crippen LogP contribution in [0.25, 0.3) is 10.9 Å². The zero-order valence-corrected chi connectivity index (χ0v) is 15.6. The van der Waals surface area contributed by atoms with E-state index < -0.39 is 0 Å². The van der Waals surface area contributed by atoms with Gasteiger partial charge in [-0.25, -0.2) is 4.98 Å². The van der Waals surface area contributed by atoms with Crippen molar-refractivity contribution in [2.24, 2.45) is 7.05 Å². The molecule has 2 heterocycles. The number of aryl methyl sites for hydroxylation is 1. The number of hydrogen-bond donors (Lipinski definition) is 2. The number of fused-ring (bicyclic) bond motifs is 1. The molecule has 0 radical (unpaired) electrons. The van der Waals surface area contributed by atoms with E-state index >= 15 is 0 Å². The first-order chi connectivity index (χ1) is 12.5. The number of rotatable bonds is 3. The minimum Gasteiger partial charge on any atom is -0.374 e. The second-order valence-corrected chi connectivity index (χ2v) is 7.35. The van der Waals surface area contributed by atoms with Crippen LogP contribution in [-0.4, -0.2) is 22.6 Å². The first-order valence-electron chi connectivity index (χ1n) is 8.70. The summed E-state index contributed by atoms with van der Waals surface area (Å²) in [6, 6.07) is 11.8. The van der Waals surface area contributed by atoms with Gasteiger partial charge in [-0.15, -0.1) is 0 Å². The summed E-state index contributed by atoms with van der Waals surface area (Å²) in [4.78, 5) is 16.8. The van der Waals surface area contributed by atoms with E-state index in [4.69, 9.17) is 11.6 Å². The van der Waals surface area contributed by atoms with Crippen molar-refractivity contribution in [3.63, 3.8) is 0 Å². The maximum absolute atomic E-state index is 12.4. The number of aromatic nitrogens is 2. The SMILES string of the molecule is Cc1c(Cl)cccc1[C@]1(Nc2ccc3ncn(C)c(=O)c3c2)CCNC1. The van der Waals surface area contributed by atoms with Crippen LogP contribution in [0.2, 0.25) is 5.02 Å². The fraction of sp³-hybridized carbons (Fsp3) is 0.300. The minimum absolute atomic E-state index is 0.0452. The summed E-state index contributed by atoms with van der Waals surface area (Å²) in [6.45, 7) is 3.78. The average Bonchev–Trinajstić information content (AvgIpc) is 3.10. The van der Waals surface area contributed by atoms with Crippen molar-refractivity contribution < 1.29 is 0 Å². The number of halogens is 1. The summed E-state index contributed by atoms with van der Waals surface area (Å²) in [5.41, 5.74) is 3.59. The van der Waals surface area contributed by atoms with Gasteiger partial charge >= 0.3 is 0 Å². The Morgan fingerprint density at radius 3 is 2.92 bits per heavy atom. The lowest BCUT2D eigenvalue weighted by Crippen LogP contribution is -2.38. The van der Waals surface area contributed by atoms with Crippen LogP contribution in [0.5, 0.6) is 0 Å². The van der Waals surface area contributed by atoms with Gasteiger partial charge < -0.3 is 15.2 Å². The molecule has 0 amide bonds. The van der Waals surface area contributed by atoms with Crippen LogP contribution in [0, 0.1) is 6.92 Å². The van der Waals surface area contributed by atoms with Gasteiger partial charge in [-0.2, -0.15) is 0 Å². The molecule has 0 saturated carbocycles. The number of anilines is 1. The fourth-order valence-electron chi connectivity index (χ4n) is 3.79. The van der Waals surface area contributed by atoms with Gasteiger partial charge in [-0.3, -0.25) is 4.79 Å². The summed E-state index contributed by atoms with van der Waals surface area (Å²) >= 11 is 6.37. The fourth-order valence-corrected chi connectivity index (χ4v) is 3.96. The van der Waals surface area contributed by atoms with Crippen molar-refractivity contribution in [1.29, 1.82) is 0 Å². The minimum atomic E-state index is -0.254. The normalized spacial score (nSPS) is 19.8. The first-order valence-corrected chi connectivity index (χ1v) is 9.08. The van der Waals surface area contributed by atoms with Crippen molar-refractivity contribution in [2.45, 2.75) is 18.9 Å². The molecule has 1 fully saturated rings. The van der Waals surface area contributed by atoms with Crippen molar-refractivity contribution in [3.8, 4) is 0 Å². The van der Waals surface area contributed by atoms with Crippen molar-refractivity contribution in [3.05, 3.63) is 69.2 Å². The molecule has 0 aliphatic carbocycles. The van der Waals surface area contributed by atoms with Gasteiger partial charge in [0.1, 0.15) is 0 Å². The molecule has 4 rings (SSSR count). The average molecular weight is 369 g/mol. The molecule has 26 heavy (non-hydrogen) atoms. The van der Waals surface area contributed by atoms with Crippen LogP contribution in [0.15, 0.2) is 47.5 Å². The Hall–Kier alpha value is -2.37. The molecule has 3 aromatic rings. The van der Waals surface area contributed by atoms with E-state index in [1.807, 2.05) is 30.3 Å². The Balaban J connectivity index is 1.80. The Morgan fingerprint density at radius 1 is 1.31 bits per heavy atom. The third-order valence-corrected chi connectivity index (χ3v) is 5.65. The highest BCUT2D eigenvalue weighted by Gasteiger charge is 2.37. The second-order valence-electron chi connectivity index (χ2n) is 6.94. The zero-order valence-electron chi connectivity index (χ0n) is 14.8. The molecule has 2 N–H and O–H groups in total. The van der Waals surface area contributed by atoms with E-state index in [0.717, 1.165) is 35.8 Å². The Kier molecular flexibility index (Phi) is 4.21. The molecule has 134 valence electrons. The van der Waals surface area contributed by atoms with Crippen LogP contribution < -0.4 is 16.2 Å². The van der Waals surface area contributed by atoms with Gasteiger partial charge in [0.2, 0.25) is 0 Å². The highest BCUT2D eigenvalue weighted by Crippen LogP contribution is 2.36. The smallest absolute Gasteiger partial charge is 0.260 e. The topological polar surface area (TPSA) is 59.0 Å². The largest absolute Gasteiger partial charge is 0.374 e. The molecule has 1 aromatic heterocycles. The molecule has 2 aromatic carbocycles. The molecule has 6 heteroatoms. The molecule has 1 atom stereocenters. The summed E-state index contributed by atoms with van der Waals surface area (Å²) in [5.74, 6) is 0. The van der Waals surface area contributed by atoms with E-state index in [2.05, 4.69) is 28.6 Å². The van der Waals surface area contributed by atoms with Crippen molar-refractivity contribution in [2.75, 3.05) is 18.4 Å². The molecule has 5 nitrogen and oxygen atoms in total.